The highest BCUT2D eigenvalue weighted by Crippen LogP contribution is 2.24. The van der Waals surface area contributed by atoms with Gasteiger partial charge in [0.25, 0.3) is 21.8 Å². The molecule has 0 atom stereocenters. The molecule has 0 radical (unpaired) electrons. The smallest absolute Gasteiger partial charge is 0.267 e. The Morgan fingerprint density at radius 2 is 1.97 bits per heavy atom. The topological polar surface area (TPSA) is 132 Å². The number of hydrogen-bond donors (Lipinski definition) is 1. The Bertz CT molecular complexity index is 1520. The molecule has 1 aliphatic heterocycles. The number of benzene rings is 1. The van der Waals surface area contributed by atoms with E-state index in [0.717, 1.165) is 4.88 Å². The van der Waals surface area contributed by atoms with Gasteiger partial charge in [-0.25, -0.2) is 17.8 Å². The van der Waals surface area contributed by atoms with Crippen molar-refractivity contribution in [3.63, 3.8) is 0 Å². The van der Waals surface area contributed by atoms with Crippen molar-refractivity contribution in [3.05, 3.63) is 57.5 Å². The van der Waals surface area contributed by atoms with Crippen LogP contribution in [0.1, 0.15) is 31.3 Å². The van der Waals surface area contributed by atoms with Gasteiger partial charge in [0.2, 0.25) is 0 Å². The van der Waals surface area contributed by atoms with Crippen molar-refractivity contribution in [1.82, 2.24) is 34.4 Å². The van der Waals surface area contributed by atoms with Crippen LogP contribution in [0.2, 0.25) is 0 Å². The summed E-state index contributed by atoms with van der Waals surface area (Å²) >= 11 is 1.48. The summed E-state index contributed by atoms with van der Waals surface area (Å²) in [7, 11) is -2.50. The van der Waals surface area contributed by atoms with E-state index in [4.69, 9.17) is 0 Å². The van der Waals surface area contributed by atoms with Crippen molar-refractivity contribution in [2.24, 2.45) is 7.05 Å². The Morgan fingerprint density at radius 3 is 2.73 bits per heavy atom. The zero-order valence-corrected chi connectivity index (χ0v) is 19.4. The second-order valence-electron chi connectivity index (χ2n) is 7.70. The summed E-state index contributed by atoms with van der Waals surface area (Å²) in [6.45, 7) is 2.76. The first kappa shape index (κ1) is 21.3. The van der Waals surface area contributed by atoms with Crippen LogP contribution in [0, 0.1) is 6.92 Å². The van der Waals surface area contributed by atoms with Crippen LogP contribution in [0.15, 0.2) is 40.7 Å². The summed E-state index contributed by atoms with van der Waals surface area (Å²) in [5, 5.41) is 13.8. The third kappa shape index (κ3) is 3.78. The van der Waals surface area contributed by atoms with E-state index in [1.54, 1.807) is 32.8 Å². The number of amides is 2. The van der Waals surface area contributed by atoms with E-state index in [2.05, 4.69) is 20.1 Å². The largest absolute Gasteiger partial charge is 0.331 e. The number of thiophene rings is 1. The van der Waals surface area contributed by atoms with Crippen molar-refractivity contribution in [1.29, 1.82) is 0 Å². The molecule has 3 aromatic heterocycles. The van der Waals surface area contributed by atoms with Gasteiger partial charge in [-0.3, -0.25) is 14.3 Å². The molecule has 170 valence electrons. The zero-order valence-electron chi connectivity index (χ0n) is 17.7. The van der Waals surface area contributed by atoms with Gasteiger partial charge in [-0.05, 0) is 31.2 Å². The Balaban J connectivity index is 1.39. The fraction of sp³-hybridized carbons (Fsp3) is 0.250. The van der Waals surface area contributed by atoms with Crippen LogP contribution in [-0.2, 0) is 30.2 Å². The highest BCUT2D eigenvalue weighted by atomic mass is 32.2. The van der Waals surface area contributed by atoms with E-state index in [9.17, 15) is 18.0 Å². The van der Waals surface area contributed by atoms with Gasteiger partial charge in [0.15, 0.2) is 0 Å². The van der Waals surface area contributed by atoms with Crippen LogP contribution in [0.3, 0.4) is 0 Å². The number of aromatic nitrogens is 5. The van der Waals surface area contributed by atoms with Crippen molar-refractivity contribution in [2.75, 3.05) is 6.54 Å². The van der Waals surface area contributed by atoms with Crippen molar-refractivity contribution in [2.45, 2.75) is 24.9 Å². The van der Waals surface area contributed by atoms with Crippen LogP contribution < -0.4 is 4.72 Å². The molecule has 4 aromatic rings. The Morgan fingerprint density at radius 1 is 1.15 bits per heavy atom. The third-order valence-corrected chi connectivity index (χ3v) is 7.72. The number of sulfonamides is 1. The molecule has 2 amide bonds. The molecular weight excluding hydrogens is 466 g/mol. The fourth-order valence-electron chi connectivity index (χ4n) is 3.77. The van der Waals surface area contributed by atoms with E-state index < -0.39 is 15.9 Å². The van der Waals surface area contributed by atoms with Gasteiger partial charge in [0.1, 0.15) is 10.4 Å². The van der Waals surface area contributed by atoms with Gasteiger partial charge in [0.05, 0.1) is 36.1 Å². The molecule has 0 spiro atoms. The number of carbonyl (C=O) groups excluding carboxylic acids is 2. The lowest BCUT2D eigenvalue weighted by Gasteiger charge is -2.28. The van der Waals surface area contributed by atoms with Gasteiger partial charge < -0.3 is 4.90 Å². The van der Waals surface area contributed by atoms with E-state index in [0.29, 0.717) is 35.4 Å². The number of nitrogens with zero attached hydrogens (tertiary/aromatic N) is 6. The van der Waals surface area contributed by atoms with Crippen LogP contribution in [0.25, 0.3) is 11.0 Å². The molecule has 0 saturated carbocycles. The average molecular weight is 486 g/mol. The van der Waals surface area contributed by atoms with Gasteiger partial charge in [0, 0.05) is 29.4 Å². The predicted molar refractivity (Wildman–Crippen MR) is 119 cm³/mol. The van der Waals surface area contributed by atoms with Crippen LogP contribution in [-0.4, -0.2) is 56.5 Å². The molecule has 0 fully saturated rings. The summed E-state index contributed by atoms with van der Waals surface area (Å²) in [6, 6.07) is 6.44. The highest BCUT2D eigenvalue weighted by Gasteiger charge is 2.31. The number of hydrogen-bond acceptors (Lipinski definition) is 8. The number of rotatable bonds is 4. The van der Waals surface area contributed by atoms with E-state index in [1.807, 2.05) is 13.0 Å². The first-order valence-electron chi connectivity index (χ1n) is 9.98. The fourth-order valence-corrected chi connectivity index (χ4v) is 5.59. The molecule has 0 saturated heterocycles. The first-order valence-corrected chi connectivity index (χ1v) is 12.3. The molecule has 13 heteroatoms. The Labute approximate surface area is 192 Å². The summed E-state index contributed by atoms with van der Waals surface area (Å²) in [5.41, 5.74) is 2.25. The SMILES string of the molecule is Cc1cc(C(=O)N2CCn3ncc(S(=O)(=O)NC(=O)c4ccc5c(c4)nnn5C)c3C2)cs1. The lowest BCUT2D eigenvalue weighted by atomic mass is 10.2. The van der Waals surface area contributed by atoms with Gasteiger partial charge in [-0.1, -0.05) is 5.21 Å². The summed E-state index contributed by atoms with van der Waals surface area (Å²) in [6.07, 6.45) is 1.21. The van der Waals surface area contributed by atoms with Crippen LogP contribution in [0.5, 0.6) is 0 Å². The third-order valence-electron chi connectivity index (χ3n) is 5.49. The number of fused-ring (bicyclic) bond motifs is 2. The summed E-state index contributed by atoms with van der Waals surface area (Å²) in [5.74, 6) is -0.962. The number of nitrogens with one attached hydrogen (secondary N) is 1. The molecule has 0 unspecified atom stereocenters. The van der Waals surface area contributed by atoms with Crippen LogP contribution >= 0.6 is 11.3 Å². The average Bonchev–Trinajstić information content (AvgIpc) is 3.51. The standard InChI is InChI=1S/C20H19N7O4S2/c1-12-7-14(11-32-12)20(29)26-5-6-27-17(10-26)18(9-21-27)33(30,31)23-19(28)13-3-4-16-15(8-13)22-24-25(16)2/h3-4,7-9,11H,5-6,10H2,1-2H3,(H,23,28). The Hall–Kier alpha value is -3.58. The minimum Gasteiger partial charge on any atom is -0.331 e. The number of carbonyl (C=O) groups is 2. The monoisotopic (exact) mass is 485 g/mol. The van der Waals surface area contributed by atoms with Crippen molar-refractivity contribution >= 4 is 44.2 Å². The Kier molecular flexibility index (Phi) is 5.01. The van der Waals surface area contributed by atoms with E-state index in [-0.39, 0.29) is 22.9 Å². The lowest BCUT2D eigenvalue weighted by molar-refractivity contribution is 0.0704. The molecule has 1 N–H and O–H groups in total. The minimum absolute atomic E-state index is 0.0731. The van der Waals surface area contributed by atoms with Crippen LogP contribution in [0.4, 0.5) is 0 Å². The van der Waals surface area contributed by atoms with E-state index in [1.165, 1.54) is 29.7 Å². The maximum atomic E-state index is 13.0. The van der Waals surface area contributed by atoms with Gasteiger partial charge in [-0.2, -0.15) is 5.10 Å². The molecule has 5 rings (SSSR count). The predicted octanol–water partition coefficient (Wildman–Crippen LogP) is 1.31. The summed E-state index contributed by atoms with van der Waals surface area (Å²) in [4.78, 5) is 28.0. The molecular formula is C20H19N7O4S2. The lowest BCUT2D eigenvalue weighted by Crippen LogP contribution is -2.39. The maximum absolute atomic E-state index is 13.0. The highest BCUT2D eigenvalue weighted by molar-refractivity contribution is 7.90. The van der Waals surface area contributed by atoms with Crippen molar-refractivity contribution < 1.29 is 18.0 Å². The van der Waals surface area contributed by atoms with Gasteiger partial charge in [-0.15, -0.1) is 16.4 Å². The molecule has 1 aromatic carbocycles. The minimum atomic E-state index is -4.22. The first-order chi connectivity index (χ1) is 15.7. The summed E-state index contributed by atoms with van der Waals surface area (Å²) < 4.78 is 31.3. The van der Waals surface area contributed by atoms with Crippen molar-refractivity contribution in [3.8, 4) is 0 Å². The zero-order chi connectivity index (χ0) is 23.3. The normalized spacial score (nSPS) is 13.8. The molecule has 4 heterocycles. The molecule has 0 aliphatic carbocycles. The molecule has 33 heavy (non-hydrogen) atoms. The molecule has 0 bridgehead atoms. The van der Waals surface area contributed by atoms with E-state index >= 15 is 0 Å². The maximum Gasteiger partial charge on any atom is 0.267 e. The molecule has 1 aliphatic rings. The second kappa shape index (κ2) is 7.78. The van der Waals surface area contributed by atoms with Gasteiger partial charge >= 0.3 is 0 Å². The molecule has 11 nitrogen and oxygen atoms in total. The second-order valence-corrected chi connectivity index (χ2v) is 10.5. The number of aryl methyl sites for hydroxylation is 2. The quantitative estimate of drug-likeness (QED) is 0.461.